The highest BCUT2D eigenvalue weighted by atomic mass is 32.1. The molecule has 0 bridgehead atoms. The molecule has 0 aromatic carbocycles. The van der Waals surface area contributed by atoms with Gasteiger partial charge in [-0.2, -0.15) is 0 Å². The number of nitrogens with one attached hydrogen (secondary N) is 1. The third-order valence-electron chi connectivity index (χ3n) is 3.09. The van der Waals surface area contributed by atoms with Crippen LogP contribution in [0.15, 0.2) is 34.8 Å². The van der Waals surface area contributed by atoms with Crippen molar-refractivity contribution in [2.24, 2.45) is 4.99 Å². The SMILES string of the molecule is CN(C)c1ccnc2sc(C=O)c(N/C=N/c3cccs3)c12. The number of pyridine rings is 1. The molecule has 3 heterocycles. The molecule has 0 radical (unpaired) electrons. The molecule has 0 atom stereocenters. The maximum Gasteiger partial charge on any atom is 0.162 e. The maximum atomic E-state index is 11.4. The molecule has 0 saturated heterocycles. The van der Waals surface area contributed by atoms with Crippen molar-refractivity contribution in [1.29, 1.82) is 0 Å². The van der Waals surface area contributed by atoms with Gasteiger partial charge >= 0.3 is 0 Å². The molecule has 3 aromatic heterocycles. The maximum absolute atomic E-state index is 11.4. The van der Waals surface area contributed by atoms with Crippen molar-refractivity contribution in [1.82, 2.24) is 4.98 Å². The van der Waals surface area contributed by atoms with E-state index in [9.17, 15) is 4.79 Å². The summed E-state index contributed by atoms with van der Waals surface area (Å²) in [5.74, 6) is 0. The summed E-state index contributed by atoms with van der Waals surface area (Å²) in [6, 6.07) is 5.81. The van der Waals surface area contributed by atoms with Gasteiger partial charge in [-0.25, -0.2) is 9.98 Å². The van der Waals surface area contributed by atoms with Gasteiger partial charge in [0.1, 0.15) is 9.83 Å². The molecular weight excluding hydrogens is 316 g/mol. The van der Waals surface area contributed by atoms with E-state index in [4.69, 9.17) is 0 Å². The Balaban J connectivity index is 2.04. The van der Waals surface area contributed by atoms with Crippen LogP contribution in [0.1, 0.15) is 9.67 Å². The van der Waals surface area contributed by atoms with Crippen molar-refractivity contribution in [2.45, 2.75) is 0 Å². The van der Waals surface area contributed by atoms with Gasteiger partial charge in [-0.05, 0) is 23.6 Å². The summed E-state index contributed by atoms with van der Waals surface area (Å²) >= 11 is 2.93. The Morgan fingerprint density at radius 1 is 1.36 bits per heavy atom. The Bertz CT molecular complexity index is 822. The fourth-order valence-electron chi connectivity index (χ4n) is 2.13. The van der Waals surface area contributed by atoms with Gasteiger partial charge in [0.05, 0.1) is 28.0 Å². The van der Waals surface area contributed by atoms with Crippen LogP contribution in [0.2, 0.25) is 0 Å². The number of hydrogen-bond acceptors (Lipinski definition) is 6. The van der Waals surface area contributed by atoms with E-state index in [0.717, 1.165) is 32.9 Å². The van der Waals surface area contributed by atoms with Crippen molar-refractivity contribution in [2.75, 3.05) is 24.3 Å². The van der Waals surface area contributed by atoms with Crippen molar-refractivity contribution < 1.29 is 4.79 Å². The fraction of sp³-hybridized carbons (Fsp3) is 0.133. The van der Waals surface area contributed by atoms with E-state index in [1.807, 2.05) is 42.6 Å². The number of carbonyl (C=O) groups is 1. The predicted octanol–water partition coefficient (Wildman–Crippen LogP) is 4.01. The standard InChI is InChI=1S/C15H14N4OS2/c1-19(2)10-5-6-16-15-13(10)14(11(8-20)22-15)18-9-17-12-4-3-7-21-12/h3-9H,1-2H3,(H,17,18). The van der Waals surface area contributed by atoms with Crippen LogP contribution in [0.3, 0.4) is 0 Å². The summed E-state index contributed by atoms with van der Waals surface area (Å²) in [4.78, 5) is 23.5. The van der Waals surface area contributed by atoms with E-state index in [2.05, 4.69) is 15.3 Å². The first kappa shape index (κ1) is 14.7. The molecule has 0 saturated carbocycles. The molecule has 0 aliphatic rings. The topological polar surface area (TPSA) is 57.6 Å². The Kier molecular flexibility index (Phi) is 4.17. The quantitative estimate of drug-likeness (QED) is 0.436. The molecule has 0 amide bonds. The molecule has 1 N–H and O–H groups in total. The number of aldehydes is 1. The second-order valence-corrected chi connectivity index (χ2v) is 6.67. The number of carbonyl (C=O) groups excluding carboxylic acids is 1. The summed E-state index contributed by atoms with van der Waals surface area (Å²) in [6.07, 6.45) is 4.23. The monoisotopic (exact) mass is 330 g/mol. The molecule has 22 heavy (non-hydrogen) atoms. The average molecular weight is 330 g/mol. The minimum absolute atomic E-state index is 0.620. The number of aromatic nitrogens is 1. The fourth-order valence-corrected chi connectivity index (χ4v) is 3.64. The van der Waals surface area contributed by atoms with Crippen molar-refractivity contribution in [3.63, 3.8) is 0 Å². The molecule has 112 valence electrons. The summed E-state index contributed by atoms with van der Waals surface area (Å²) < 4.78 is 0. The highest BCUT2D eigenvalue weighted by Gasteiger charge is 2.16. The van der Waals surface area contributed by atoms with Crippen LogP contribution >= 0.6 is 22.7 Å². The largest absolute Gasteiger partial charge is 0.377 e. The first-order valence-corrected chi connectivity index (χ1v) is 8.27. The number of fused-ring (bicyclic) bond motifs is 1. The number of hydrogen-bond donors (Lipinski definition) is 1. The van der Waals surface area contributed by atoms with Crippen LogP contribution in [0.5, 0.6) is 0 Å². The normalized spacial score (nSPS) is 11.2. The van der Waals surface area contributed by atoms with Crippen LogP contribution in [-0.4, -0.2) is 31.7 Å². The first-order chi connectivity index (χ1) is 10.7. The van der Waals surface area contributed by atoms with Gasteiger partial charge in [0.25, 0.3) is 0 Å². The lowest BCUT2D eigenvalue weighted by atomic mass is 10.2. The number of aliphatic imine (C=N–C) groups is 1. The van der Waals surface area contributed by atoms with Crippen molar-refractivity contribution in [3.8, 4) is 0 Å². The molecule has 0 fully saturated rings. The van der Waals surface area contributed by atoms with E-state index in [1.54, 1.807) is 23.9 Å². The van der Waals surface area contributed by atoms with Gasteiger partial charge in [-0.3, -0.25) is 4.79 Å². The highest BCUT2D eigenvalue weighted by Crippen LogP contribution is 2.38. The number of rotatable bonds is 5. The Morgan fingerprint density at radius 2 is 2.23 bits per heavy atom. The smallest absolute Gasteiger partial charge is 0.162 e. The van der Waals surface area contributed by atoms with E-state index in [0.29, 0.717) is 4.88 Å². The molecular formula is C15H14N4OS2. The zero-order chi connectivity index (χ0) is 15.5. The zero-order valence-electron chi connectivity index (χ0n) is 12.1. The summed E-state index contributed by atoms with van der Waals surface area (Å²) in [7, 11) is 3.94. The molecule has 0 spiro atoms. The van der Waals surface area contributed by atoms with Gasteiger partial charge in [-0.1, -0.05) is 0 Å². The van der Waals surface area contributed by atoms with Crippen LogP contribution in [-0.2, 0) is 0 Å². The molecule has 3 aromatic rings. The van der Waals surface area contributed by atoms with Crippen LogP contribution in [0.4, 0.5) is 16.4 Å². The number of anilines is 2. The second-order valence-electron chi connectivity index (χ2n) is 4.72. The molecule has 5 nitrogen and oxygen atoms in total. The van der Waals surface area contributed by atoms with Crippen molar-refractivity contribution in [3.05, 3.63) is 34.7 Å². The van der Waals surface area contributed by atoms with Crippen LogP contribution < -0.4 is 10.2 Å². The number of thiophene rings is 2. The minimum Gasteiger partial charge on any atom is -0.377 e. The van der Waals surface area contributed by atoms with Gasteiger partial charge in [0.15, 0.2) is 6.29 Å². The van der Waals surface area contributed by atoms with Gasteiger partial charge in [0.2, 0.25) is 0 Å². The van der Waals surface area contributed by atoms with E-state index in [1.165, 1.54) is 11.3 Å². The average Bonchev–Trinajstić information content (AvgIpc) is 3.14. The van der Waals surface area contributed by atoms with E-state index in [-0.39, 0.29) is 0 Å². The molecule has 3 rings (SSSR count). The second kappa shape index (κ2) is 6.25. The van der Waals surface area contributed by atoms with E-state index >= 15 is 0 Å². The third-order valence-corrected chi connectivity index (χ3v) is 4.89. The third kappa shape index (κ3) is 2.72. The van der Waals surface area contributed by atoms with Gasteiger partial charge in [0, 0.05) is 20.3 Å². The first-order valence-electron chi connectivity index (χ1n) is 6.57. The van der Waals surface area contributed by atoms with Crippen LogP contribution in [0.25, 0.3) is 10.2 Å². The van der Waals surface area contributed by atoms with Gasteiger partial charge < -0.3 is 10.2 Å². The lowest BCUT2D eigenvalue weighted by Gasteiger charge is -2.14. The lowest BCUT2D eigenvalue weighted by molar-refractivity contribution is 0.112. The summed E-state index contributed by atoms with van der Waals surface area (Å²) in [5, 5.41) is 6.97. The lowest BCUT2D eigenvalue weighted by Crippen LogP contribution is -2.09. The Labute approximate surface area is 135 Å². The van der Waals surface area contributed by atoms with Gasteiger partial charge in [-0.15, -0.1) is 22.7 Å². The van der Waals surface area contributed by atoms with Crippen LogP contribution in [0, 0.1) is 0 Å². The molecule has 0 aliphatic carbocycles. The summed E-state index contributed by atoms with van der Waals surface area (Å²) in [5.41, 5.74) is 1.77. The molecule has 7 heteroatoms. The zero-order valence-corrected chi connectivity index (χ0v) is 13.7. The summed E-state index contributed by atoms with van der Waals surface area (Å²) in [6.45, 7) is 0. The Morgan fingerprint density at radius 3 is 2.91 bits per heavy atom. The molecule has 0 unspecified atom stereocenters. The minimum atomic E-state index is 0.620. The van der Waals surface area contributed by atoms with E-state index < -0.39 is 0 Å². The highest BCUT2D eigenvalue weighted by molar-refractivity contribution is 7.21. The Hall–Kier alpha value is -2.25. The van der Waals surface area contributed by atoms with Crippen molar-refractivity contribution >= 4 is 61.9 Å². The predicted molar refractivity (Wildman–Crippen MR) is 95.4 cm³/mol. The number of nitrogens with zero attached hydrogens (tertiary/aromatic N) is 3. The molecule has 0 aliphatic heterocycles.